The van der Waals surface area contributed by atoms with E-state index in [4.69, 9.17) is 4.74 Å². The van der Waals surface area contributed by atoms with Gasteiger partial charge in [-0.25, -0.2) is 13.7 Å². The number of carbonyl (C=O) groups is 1. The van der Waals surface area contributed by atoms with E-state index in [1.807, 2.05) is 0 Å². The molecular formula is C19H22N4O3S. The Labute approximate surface area is 159 Å². The van der Waals surface area contributed by atoms with Crippen LogP contribution in [-0.4, -0.2) is 26.6 Å². The molecular weight excluding hydrogens is 364 g/mol. The first-order valence-electron chi connectivity index (χ1n) is 9.55. The zero-order valence-electron chi connectivity index (χ0n) is 15.0. The van der Waals surface area contributed by atoms with Crippen LogP contribution in [0.1, 0.15) is 41.5 Å². The van der Waals surface area contributed by atoms with Gasteiger partial charge in [0.2, 0.25) is 5.88 Å². The average molecular weight is 386 g/mol. The number of carbonyl (C=O) groups excluding carboxylic acids is 1. The molecule has 2 heterocycles. The third kappa shape index (κ3) is 2.92. The molecule has 0 radical (unpaired) electrons. The number of ether oxygens (including phenoxy) is 1. The Hall–Kier alpha value is -2.35. The largest absolute Gasteiger partial charge is 0.477 e. The summed E-state index contributed by atoms with van der Waals surface area (Å²) in [6.07, 6.45) is 8.69. The van der Waals surface area contributed by atoms with Gasteiger partial charge in [0.05, 0.1) is 23.4 Å². The van der Waals surface area contributed by atoms with Crippen molar-refractivity contribution in [1.82, 2.24) is 9.78 Å². The van der Waals surface area contributed by atoms with Crippen molar-refractivity contribution < 1.29 is 13.7 Å². The standard InChI is InChI=1S/C19H22N4O3S/c24-19(22-27(25)16-11-20-23-8-3-9-26-18(16)23)21-17-14-6-1-4-12(14)10-13-5-2-7-15(13)17/h10-11,27H,1-9H2,(H,21,24). The molecule has 3 aliphatic rings. The second-order valence-electron chi connectivity index (χ2n) is 7.30. The van der Waals surface area contributed by atoms with Crippen molar-refractivity contribution in [3.05, 3.63) is 34.5 Å². The summed E-state index contributed by atoms with van der Waals surface area (Å²) in [6.45, 7) is 1.29. The molecule has 0 bridgehead atoms. The number of hydrogen-bond donors (Lipinski definition) is 2. The number of urea groups is 1. The summed E-state index contributed by atoms with van der Waals surface area (Å²) >= 11 is 0. The first-order chi connectivity index (χ1) is 13.2. The highest BCUT2D eigenvalue weighted by atomic mass is 32.2. The Bertz CT molecular complexity index is 988. The molecule has 1 unspecified atom stereocenters. The number of aryl methyl sites for hydroxylation is 3. The van der Waals surface area contributed by atoms with Crippen molar-refractivity contribution in [2.75, 3.05) is 11.9 Å². The van der Waals surface area contributed by atoms with Gasteiger partial charge in [-0.05, 0) is 60.8 Å². The SMILES string of the molecule is O=C(/N=[SH](=O)/c1cnn2c1OCCC2)Nc1c2c(cc3c1CCC3)CCC2. The lowest BCUT2D eigenvalue weighted by Crippen LogP contribution is -2.15. The third-order valence-electron chi connectivity index (χ3n) is 5.62. The minimum Gasteiger partial charge on any atom is -0.477 e. The van der Waals surface area contributed by atoms with Crippen molar-refractivity contribution in [3.63, 3.8) is 0 Å². The number of thiol groups is 1. The van der Waals surface area contributed by atoms with Gasteiger partial charge in [0.25, 0.3) is 0 Å². The number of nitrogens with zero attached hydrogens (tertiary/aromatic N) is 3. The second-order valence-corrected chi connectivity index (χ2v) is 8.52. The monoisotopic (exact) mass is 386 g/mol. The van der Waals surface area contributed by atoms with Crippen molar-refractivity contribution in [2.45, 2.75) is 56.4 Å². The molecule has 27 heavy (non-hydrogen) atoms. The molecule has 142 valence electrons. The van der Waals surface area contributed by atoms with Crippen molar-refractivity contribution in [2.24, 2.45) is 4.36 Å². The summed E-state index contributed by atoms with van der Waals surface area (Å²) in [5, 5.41) is 7.14. The Balaban J connectivity index is 1.44. The molecule has 0 fully saturated rings. The van der Waals surface area contributed by atoms with Crippen LogP contribution in [0.5, 0.6) is 5.88 Å². The van der Waals surface area contributed by atoms with E-state index in [0.717, 1.165) is 57.2 Å². The Morgan fingerprint density at radius 1 is 1.15 bits per heavy atom. The van der Waals surface area contributed by atoms with E-state index in [2.05, 4.69) is 20.8 Å². The fourth-order valence-corrected chi connectivity index (χ4v) is 5.24. The smallest absolute Gasteiger partial charge is 0.353 e. The van der Waals surface area contributed by atoms with Crippen LogP contribution in [0.4, 0.5) is 10.5 Å². The molecule has 5 rings (SSSR count). The van der Waals surface area contributed by atoms with E-state index in [9.17, 15) is 9.00 Å². The van der Waals surface area contributed by atoms with Crippen LogP contribution in [0.25, 0.3) is 0 Å². The summed E-state index contributed by atoms with van der Waals surface area (Å²) in [4.78, 5) is 12.9. The first kappa shape index (κ1) is 16.8. The van der Waals surface area contributed by atoms with Crippen LogP contribution in [0.2, 0.25) is 0 Å². The molecule has 1 N–H and O–H groups in total. The zero-order chi connectivity index (χ0) is 18.4. The summed E-state index contributed by atoms with van der Waals surface area (Å²) in [5.41, 5.74) is 6.08. The number of benzene rings is 1. The van der Waals surface area contributed by atoms with E-state index >= 15 is 0 Å². The molecule has 2 aromatic rings. The van der Waals surface area contributed by atoms with Crippen molar-refractivity contribution in [3.8, 4) is 5.88 Å². The number of rotatable bonds is 2. The van der Waals surface area contributed by atoms with Crippen LogP contribution in [0, 0.1) is 0 Å². The maximum atomic E-state index is 12.6. The maximum Gasteiger partial charge on any atom is 0.353 e. The van der Waals surface area contributed by atoms with Gasteiger partial charge < -0.3 is 10.1 Å². The number of hydrogen-bond acceptors (Lipinski definition) is 4. The normalized spacial score (nSPS) is 18.5. The molecule has 0 saturated heterocycles. The quantitative estimate of drug-likeness (QED) is 0.777. The molecule has 7 nitrogen and oxygen atoms in total. The predicted molar refractivity (Wildman–Crippen MR) is 102 cm³/mol. The summed E-state index contributed by atoms with van der Waals surface area (Å²) in [7, 11) is -2.25. The average Bonchev–Trinajstić information content (AvgIpc) is 3.40. The van der Waals surface area contributed by atoms with Crippen LogP contribution in [0.15, 0.2) is 21.5 Å². The molecule has 8 heteroatoms. The van der Waals surface area contributed by atoms with Gasteiger partial charge in [0.1, 0.15) is 4.90 Å². The number of anilines is 1. The molecule has 1 aliphatic heterocycles. The van der Waals surface area contributed by atoms with E-state index in [-0.39, 0.29) is 0 Å². The highest BCUT2D eigenvalue weighted by Gasteiger charge is 2.25. The molecule has 0 saturated carbocycles. The first-order valence-corrected chi connectivity index (χ1v) is 10.8. The summed E-state index contributed by atoms with van der Waals surface area (Å²) < 4.78 is 23.8. The number of nitrogens with one attached hydrogen (secondary N) is 1. The van der Waals surface area contributed by atoms with E-state index in [1.165, 1.54) is 28.5 Å². The minimum atomic E-state index is -2.25. The Morgan fingerprint density at radius 3 is 2.63 bits per heavy atom. The molecule has 2 aliphatic carbocycles. The van der Waals surface area contributed by atoms with E-state index in [0.29, 0.717) is 17.4 Å². The van der Waals surface area contributed by atoms with Crippen molar-refractivity contribution in [1.29, 1.82) is 0 Å². The zero-order valence-corrected chi connectivity index (χ0v) is 15.9. The summed E-state index contributed by atoms with van der Waals surface area (Å²) in [6, 6.07) is 1.76. The predicted octanol–water partition coefficient (Wildman–Crippen LogP) is 2.90. The second kappa shape index (κ2) is 6.67. The van der Waals surface area contributed by atoms with Crippen LogP contribution in [0.3, 0.4) is 0 Å². The van der Waals surface area contributed by atoms with E-state index < -0.39 is 16.6 Å². The van der Waals surface area contributed by atoms with Gasteiger partial charge in [0.15, 0.2) is 0 Å². The fourth-order valence-electron chi connectivity index (χ4n) is 4.42. The highest BCUT2D eigenvalue weighted by Crippen LogP contribution is 2.38. The van der Waals surface area contributed by atoms with Crippen LogP contribution < -0.4 is 10.1 Å². The van der Waals surface area contributed by atoms with Gasteiger partial charge in [0, 0.05) is 18.7 Å². The third-order valence-corrected chi connectivity index (χ3v) is 6.70. The minimum absolute atomic E-state index is 0.392. The van der Waals surface area contributed by atoms with Gasteiger partial charge in [-0.2, -0.15) is 5.10 Å². The fraction of sp³-hybridized carbons (Fsp3) is 0.474. The topological polar surface area (TPSA) is 85.6 Å². The maximum absolute atomic E-state index is 12.6. The lowest BCUT2D eigenvalue weighted by molar-refractivity contribution is 0.225. The van der Waals surface area contributed by atoms with Gasteiger partial charge in [-0.3, -0.25) is 0 Å². The van der Waals surface area contributed by atoms with E-state index in [1.54, 1.807) is 4.68 Å². The molecule has 1 atom stereocenters. The molecule has 0 spiro atoms. The summed E-state index contributed by atoms with van der Waals surface area (Å²) in [5.74, 6) is 0.473. The number of aromatic nitrogens is 2. The van der Waals surface area contributed by atoms with Crippen molar-refractivity contribution >= 4 is 22.3 Å². The van der Waals surface area contributed by atoms with Crippen LogP contribution >= 0.6 is 0 Å². The van der Waals surface area contributed by atoms with Gasteiger partial charge in [-0.15, -0.1) is 4.36 Å². The van der Waals surface area contributed by atoms with Crippen LogP contribution in [-0.2, 0) is 42.8 Å². The van der Waals surface area contributed by atoms with Gasteiger partial charge >= 0.3 is 6.03 Å². The molecule has 2 amide bonds. The number of fused-ring (bicyclic) bond motifs is 3. The highest BCUT2D eigenvalue weighted by molar-refractivity contribution is 7.75. The van der Waals surface area contributed by atoms with Gasteiger partial charge in [-0.1, -0.05) is 6.07 Å². The Kier molecular flexibility index (Phi) is 4.15. The lowest BCUT2D eigenvalue weighted by atomic mass is 9.99. The Morgan fingerprint density at radius 2 is 1.89 bits per heavy atom. The lowest BCUT2D eigenvalue weighted by Gasteiger charge is -2.15. The number of amides is 2. The molecule has 1 aromatic heterocycles. The molecule has 1 aromatic carbocycles.